The van der Waals surface area contributed by atoms with Gasteiger partial charge in [-0.05, 0) is 38.8 Å². The molecule has 2 aromatic rings. The largest absolute Gasteiger partial charge is 0.294 e. The normalized spacial score (nSPS) is 15.8. The summed E-state index contributed by atoms with van der Waals surface area (Å²) >= 11 is 0. The van der Waals surface area contributed by atoms with Gasteiger partial charge in [0.15, 0.2) is 0 Å². The van der Waals surface area contributed by atoms with Gasteiger partial charge in [0.1, 0.15) is 11.6 Å². The third kappa shape index (κ3) is 2.81. The summed E-state index contributed by atoms with van der Waals surface area (Å²) in [4.78, 5) is 21.1. The van der Waals surface area contributed by atoms with Gasteiger partial charge in [0, 0.05) is 23.0 Å². The van der Waals surface area contributed by atoms with Crippen LogP contribution in [0.2, 0.25) is 0 Å². The third-order valence-electron chi connectivity index (χ3n) is 4.30. The van der Waals surface area contributed by atoms with E-state index in [1.54, 1.807) is 6.07 Å². The Bertz CT molecular complexity index is 752. The Morgan fingerprint density at radius 1 is 1.13 bits per heavy atom. The zero-order chi connectivity index (χ0) is 16.6. The lowest BCUT2D eigenvalue weighted by Crippen LogP contribution is -2.47. The van der Waals surface area contributed by atoms with E-state index in [1.807, 2.05) is 13.8 Å². The second-order valence-corrected chi connectivity index (χ2v) is 5.99. The second kappa shape index (κ2) is 5.68. The average molecular weight is 317 g/mol. The van der Waals surface area contributed by atoms with Crippen LogP contribution in [0.5, 0.6) is 0 Å². The van der Waals surface area contributed by atoms with E-state index in [1.165, 1.54) is 12.1 Å². The molecule has 1 aromatic carbocycles. The summed E-state index contributed by atoms with van der Waals surface area (Å²) in [6.07, 6.45) is 1.86. The number of anilines is 1. The zero-order valence-corrected chi connectivity index (χ0v) is 13.0. The summed E-state index contributed by atoms with van der Waals surface area (Å²) in [5.41, 5.74) is 0.734. The standard InChI is InChI=1S/C17H17F2N3O/c1-10-8-11(2)21-16(20-10)22-15(23)17(6-3-7-17)13-5-4-12(18)9-14(13)19/h4-5,8-9H,3,6-7H2,1-2H3,(H,20,21,22,23). The highest BCUT2D eigenvalue weighted by atomic mass is 19.1. The molecule has 0 bridgehead atoms. The smallest absolute Gasteiger partial charge is 0.237 e. The SMILES string of the molecule is Cc1cc(C)nc(NC(=O)C2(c3ccc(F)cc3F)CCC2)n1. The number of carbonyl (C=O) groups excluding carboxylic acids is 1. The van der Waals surface area contributed by atoms with Crippen molar-refractivity contribution >= 4 is 11.9 Å². The van der Waals surface area contributed by atoms with E-state index in [9.17, 15) is 13.6 Å². The molecule has 1 amide bonds. The van der Waals surface area contributed by atoms with E-state index in [0.29, 0.717) is 12.8 Å². The van der Waals surface area contributed by atoms with Crippen LogP contribution in [0.4, 0.5) is 14.7 Å². The van der Waals surface area contributed by atoms with Gasteiger partial charge in [0.2, 0.25) is 11.9 Å². The summed E-state index contributed by atoms with van der Waals surface area (Å²) in [6.45, 7) is 3.62. The van der Waals surface area contributed by atoms with Crippen LogP contribution in [0.1, 0.15) is 36.2 Å². The van der Waals surface area contributed by atoms with Crippen molar-refractivity contribution in [3.8, 4) is 0 Å². The highest BCUT2D eigenvalue weighted by molar-refractivity contribution is 5.98. The number of hydrogen-bond donors (Lipinski definition) is 1. The molecule has 1 aliphatic carbocycles. The van der Waals surface area contributed by atoms with Gasteiger partial charge in [-0.15, -0.1) is 0 Å². The summed E-state index contributed by atoms with van der Waals surface area (Å²) < 4.78 is 27.3. The first-order valence-corrected chi connectivity index (χ1v) is 7.50. The van der Waals surface area contributed by atoms with E-state index < -0.39 is 17.0 Å². The minimum atomic E-state index is -0.973. The van der Waals surface area contributed by atoms with Gasteiger partial charge in [0.05, 0.1) is 5.41 Å². The maximum absolute atomic E-state index is 14.1. The highest BCUT2D eigenvalue weighted by Crippen LogP contribution is 2.45. The van der Waals surface area contributed by atoms with Gasteiger partial charge in [-0.25, -0.2) is 18.7 Å². The lowest BCUT2D eigenvalue weighted by molar-refractivity contribution is -0.124. The number of rotatable bonds is 3. The maximum Gasteiger partial charge on any atom is 0.237 e. The summed E-state index contributed by atoms with van der Waals surface area (Å²) in [7, 11) is 0. The van der Waals surface area contributed by atoms with E-state index in [2.05, 4.69) is 15.3 Å². The molecular weight excluding hydrogens is 300 g/mol. The molecule has 1 saturated carbocycles. The molecule has 0 spiro atoms. The number of nitrogens with zero attached hydrogens (tertiary/aromatic N) is 2. The summed E-state index contributed by atoms with van der Waals surface area (Å²) in [6, 6.07) is 5.15. The first-order chi connectivity index (χ1) is 10.9. The second-order valence-electron chi connectivity index (χ2n) is 5.99. The molecule has 1 aromatic heterocycles. The molecule has 4 nitrogen and oxygen atoms in total. The molecular formula is C17H17F2N3O. The molecule has 0 aliphatic heterocycles. The molecule has 6 heteroatoms. The topological polar surface area (TPSA) is 54.9 Å². The van der Waals surface area contributed by atoms with Crippen LogP contribution in [0.15, 0.2) is 24.3 Å². The molecule has 1 heterocycles. The number of carbonyl (C=O) groups is 1. The molecule has 120 valence electrons. The van der Waals surface area contributed by atoms with Crippen molar-refractivity contribution in [3.05, 3.63) is 52.9 Å². The molecule has 1 fully saturated rings. The van der Waals surface area contributed by atoms with E-state index in [-0.39, 0.29) is 17.4 Å². The fraction of sp³-hybridized carbons (Fsp3) is 0.353. The molecule has 1 aliphatic rings. The lowest BCUT2D eigenvalue weighted by atomic mass is 9.63. The van der Waals surface area contributed by atoms with Gasteiger partial charge in [-0.3, -0.25) is 10.1 Å². The third-order valence-corrected chi connectivity index (χ3v) is 4.30. The molecule has 23 heavy (non-hydrogen) atoms. The Hall–Kier alpha value is -2.37. The molecule has 0 unspecified atom stereocenters. The Morgan fingerprint density at radius 3 is 2.30 bits per heavy atom. The van der Waals surface area contributed by atoms with Crippen LogP contribution in [0.25, 0.3) is 0 Å². The van der Waals surface area contributed by atoms with Gasteiger partial charge in [-0.2, -0.15) is 0 Å². The lowest BCUT2D eigenvalue weighted by Gasteiger charge is -2.40. The van der Waals surface area contributed by atoms with Gasteiger partial charge < -0.3 is 0 Å². The Labute approximate surface area is 133 Å². The molecule has 3 rings (SSSR count). The quantitative estimate of drug-likeness (QED) is 0.943. The van der Waals surface area contributed by atoms with Gasteiger partial charge >= 0.3 is 0 Å². The number of hydrogen-bond acceptors (Lipinski definition) is 3. The Morgan fingerprint density at radius 2 is 1.78 bits per heavy atom. The Kier molecular flexibility index (Phi) is 3.83. The van der Waals surface area contributed by atoms with Crippen LogP contribution < -0.4 is 5.32 Å². The fourth-order valence-electron chi connectivity index (χ4n) is 3.03. The van der Waals surface area contributed by atoms with Crippen molar-refractivity contribution in [1.82, 2.24) is 9.97 Å². The minimum absolute atomic E-state index is 0.210. The van der Waals surface area contributed by atoms with Crippen molar-refractivity contribution in [2.45, 2.75) is 38.5 Å². The number of nitrogens with one attached hydrogen (secondary N) is 1. The van der Waals surface area contributed by atoms with Crippen molar-refractivity contribution in [3.63, 3.8) is 0 Å². The first kappa shape index (κ1) is 15.5. The number of aromatic nitrogens is 2. The summed E-state index contributed by atoms with van der Waals surface area (Å²) in [5, 5.41) is 2.69. The minimum Gasteiger partial charge on any atom is -0.294 e. The van der Waals surface area contributed by atoms with Crippen molar-refractivity contribution in [2.24, 2.45) is 0 Å². The van der Waals surface area contributed by atoms with Crippen molar-refractivity contribution < 1.29 is 13.6 Å². The molecule has 0 radical (unpaired) electrons. The van der Waals surface area contributed by atoms with Crippen molar-refractivity contribution in [2.75, 3.05) is 5.32 Å². The van der Waals surface area contributed by atoms with Crippen LogP contribution in [0.3, 0.4) is 0 Å². The molecule has 0 atom stereocenters. The van der Waals surface area contributed by atoms with Crippen LogP contribution in [-0.2, 0) is 10.2 Å². The predicted octanol–water partition coefficient (Wildman–Crippen LogP) is 3.43. The number of benzene rings is 1. The van der Waals surface area contributed by atoms with Crippen molar-refractivity contribution in [1.29, 1.82) is 0 Å². The maximum atomic E-state index is 14.1. The zero-order valence-electron chi connectivity index (χ0n) is 13.0. The number of aryl methyl sites for hydroxylation is 2. The van der Waals surface area contributed by atoms with Gasteiger partial charge in [0.25, 0.3) is 0 Å². The van der Waals surface area contributed by atoms with Crippen LogP contribution in [-0.4, -0.2) is 15.9 Å². The molecule has 1 N–H and O–H groups in total. The average Bonchev–Trinajstić information content (AvgIpc) is 2.38. The number of amides is 1. The van der Waals surface area contributed by atoms with E-state index >= 15 is 0 Å². The van der Waals surface area contributed by atoms with Crippen LogP contribution in [0, 0.1) is 25.5 Å². The monoisotopic (exact) mass is 317 g/mol. The molecule has 0 saturated heterocycles. The fourth-order valence-corrected chi connectivity index (χ4v) is 3.03. The van der Waals surface area contributed by atoms with E-state index in [4.69, 9.17) is 0 Å². The van der Waals surface area contributed by atoms with Gasteiger partial charge in [-0.1, -0.05) is 12.5 Å². The predicted molar refractivity (Wildman–Crippen MR) is 82.0 cm³/mol. The first-order valence-electron chi connectivity index (χ1n) is 7.50. The highest BCUT2D eigenvalue weighted by Gasteiger charge is 2.47. The van der Waals surface area contributed by atoms with E-state index in [0.717, 1.165) is 23.9 Å². The van der Waals surface area contributed by atoms with Crippen LogP contribution >= 0.6 is 0 Å². The number of halogens is 2. The Balaban J connectivity index is 1.92. The summed E-state index contributed by atoms with van der Waals surface area (Å²) in [5.74, 6) is -1.49.